The van der Waals surface area contributed by atoms with Gasteiger partial charge in [-0.15, -0.1) is 0 Å². The monoisotopic (exact) mass is 247 g/mol. The van der Waals surface area contributed by atoms with Gasteiger partial charge in [0.15, 0.2) is 0 Å². The van der Waals surface area contributed by atoms with Crippen LogP contribution in [0.2, 0.25) is 0 Å². The van der Waals surface area contributed by atoms with Crippen LogP contribution in [0.3, 0.4) is 0 Å². The molecule has 0 aliphatic heterocycles. The molecule has 1 heterocycles. The van der Waals surface area contributed by atoms with Crippen LogP contribution in [-0.2, 0) is 4.79 Å². The molecule has 0 aliphatic carbocycles. The largest absolute Gasteiger partial charge is 0.481 e. The second-order valence-electron chi connectivity index (χ2n) is 4.90. The molecule has 5 nitrogen and oxygen atoms in total. The molecule has 0 unspecified atom stereocenters. The Labute approximate surface area is 106 Å². The smallest absolute Gasteiger partial charge is 0.303 e. The topological polar surface area (TPSA) is 86.0 Å². The summed E-state index contributed by atoms with van der Waals surface area (Å²) in [6, 6.07) is 5.44. The molecule has 18 heavy (non-hydrogen) atoms. The Morgan fingerprint density at radius 1 is 1.56 bits per heavy atom. The molecule has 0 fully saturated rings. The molecule has 2 N–H and O–H groups in total. The van der Waals surface area contributed by atoms with Crippen molar-refractivity contribution < 1.29 is 9.90 Å². The maximum Gasteiger partial charge on any atom is 0.303 e. The van der Waals surface area contributed by atoms with Crippen molar-refractivity contribution in [3.8, 4) is 6.07 Å². The normalized spacial score (nSPS) is 10.8. The van der Waals surface area contributed by atoms with E-state index >= 15 is 0 Å². The van der Waals surface area contributed by atoms with Crippen LogP contribution in [0, 0.1) is 18.3 Å². The van der Waals surface area contributed by atoms with Crippen molar-refractivity contribution in [1.29, 1.82) is 5.26 Å². The first-order valence-electron chi connectivity index (χ1n) is 5.71. The number of aromatic nitrogens is 1. The molecule has 0 aliphatic rings. The number of nitrogens with one attached hydrogen (secondary N) is 1. The van der Waals surface area contributed by atoms with E-state index < -0.39 is 5.97 Å². The molecule has 5 heteroatoms. The van der Waals surface area contributed by atoms with Crippen LogP contribution >= 0.6 is 0 Å². The molecule has 0 bridgehead atoms. The fourth-order valence-corrected chi connectivity index (χ4v) is 1.63. The fourth-order valence-electron chi connectivity index (χ4n) is 1.63. The van der Waals surface area contributed by atoms with Crippen LogP contribution in [0.25, 0.3) is 0 Å². The minimum atomic E-state index is -0.820. The predicted molar refractivity (Wildman–Crippen MR) is 68.3 cm³/mol. The maximum absolute atomic E-state index is 10.6. The van der Waals surface area contributed by atoms with E-state index in [4.69, 9.17) is 10.4 Å². The van der Waals surface area contributed by atoms with Gasteiger partial charge in [0, 0.05) is 17.7 Å². The molecule has 1 rings (SSSR count). The molecular weight excluding hydrogens is 230 g/mol. The Hall–Kier alpha value is -2.09. The van der Waals surface area contributed by atoms with Crippen LogP contribution in [0.1, 0.15) is 37.9 Å². The summed E-state index contributed by atoms with van der Waals surface area (Å²) in [6.45, 7) is 5.63. The number of nitrogens with zero attached hydrogens (tertiary/aromatic N) is 2. The number of nitriles is 1. The molecule has 1 aromatic rings. The zero-order valence-corrected chi connectivity index (χ0v) is 10.8. The van der Waals surface area contributed by atoms with Crippen molar-refractivity contribution in [2.75, 3.05) is 5.32 Å². The van der Waals surface area contributed by atoms with Crippen LogP contribution in [-0.4, -0.2) is 21.6 Å². The molecular formula is C13H17N3O2. The summed E-state index contributed by atoms with van der Waals surface area (Å²) < 4.78 is 0. The number of anilines is 1. The number of carbonyl (C=O) groups is 1. The molecule has 1 aromatic heterocycles. The summed E-state index contributed by atoms with van der Waals surface area (Å²) in [5.41, 5.74) is 0.913. The number of rotatable bonds is 5. The van der Waals surface area contributed by atoms with E-state index in [0.29, 0.717) is 17.8 Å². The molecule has 0 radical (unpaired) electrons. The highest BCUT2D eigenvalue weighted by molar-refractivity contribution is 5.66. The van der Waals surface area contributed by atoms with E-state index in [1.807, 2.05) is 20.8 Å². The number of hydrogen-bond acceptors (Lipinski definition) is 4. The van der Waals surface area contributed by atoms with Gasteiger partial charge in [0.2, 0.25) is 0 Å². The number of hydrogen-bond donors (Lipinski definition) is 2. The lowest BCUT2D eigenvalue weighted by Gasteiger charge is -2.26. The predicted octanol–water partition coefficient (Wildman–Crippen LogP) is 2.32. The van der Waals surface area contributed by atoms with Gasteiger partial charge in [-0.25, -0.2) is 4.98 Å². The van der Waals surface area contributed by atoms with Gasteiger partial charge in [-0.2, -0.15) is 5.26 Å². The average molecular weight is 247 g/mol. The quantitative estimate of drug-likeness (QED) is 0.833. The first-order valence-corrected chi connectivity index (χ1v) is 5.71. The van der Waals surface area contributed by atoms with E-state index in [2.05, 4.69) is 16.4 Å². The van der Waals surface area contributed by atoms with Gasteiger partial charge in [0.05, 0.1) is 11.6 Å². The first kappa shape index (κ1) is 14.0. The zero-order chi connectivity index (χ0) is 13.8. The van der Waals surface area contributed by atoms with E-state index in [1.54, 1.807) is 12.1 Å². The van der Waals surface area contributed by atoms with Crippen molar-refractivity contribution in [3.63, 3.8) is 0 Å². The van der Waals surface area contributed by atoms with Crippen molar-refractivity contribution >= 4 is 11.8 Å². The van der Waals surface area contributed by atoms with Crippen LogP contribution in [0.5, 0.6) is 0 Å². The number of aryl methyl sites for hydroxylation is 1. The van der Waals surface area contributed by atoms with Gasteiger partial charge in [-0.1, -0.05) is 0 Å². The Kier molecular flexibility index (Phi) is 4.27. The van der Waals surface area contributed by atoms with Crippen LogP contribution in [0.15, 0.2) is 12.1 Å². The highest BCUT2D eigenvalue weighted by Crippen LogP contribution is 2.19. The Morgan fingerprint density at radius 2 is 2.22 bits per heavy atom. The van der Waals surface area contributed by atoms with Gasteiger partial charge in [-0.3, -0.25) is 4.79 Å². The van der Waals surface area contributed by atoms with E-state index in [1.165, 1.54) is 0 Å². The number of carboxylic acids is 1. The summed E-state index contributed by atoms with van der Waals surface area (Å²) in [7, 11) is 0. The Morgan fingerprint density at radius 3 is 2.78 bits per heavy atom. The second kappa shape index (κ2) is 5.50. The SMILES string of the molecule is Cc1cc(C#N)cc(NC(C)(C)CCC(=O)O)n1. The van der Waals surface area contributed by atoms with E-state index in [0.717, 1.165) is 5.69 Å². The molecule has 0 saturated carbocycles. The highest BCUT2D eigenvalue weighted by Gasteiger charge is 2.19. The van der Waals surface area contributed by atoms with Crippen LogP contribution < -0.4 is 5.32 Å². The third-order valence-electron chi connectivity index (χ3n) is 2.51. The van der Waals surface area contributed by atoms with Crippen molar-refractivity contribution in [1.82, 2.24) is 4.98 Å². The molecule has 0 aromatic carbocycles. The lowest BCUT2D eigenvalue weighted by atomic mass is 9.98. The zero-order valence-electron chi connectivity index (χ0n) is 10.8. The van der Waals surface area contributed by atoms with Crippen molar-refractivity contribution in [2.45, 2.75) is 39.2 Å². The van der Waals surface area contributed by atoms with Gasteiger partial charge in [0.25, 0.3) is 0 Å². The van der Waals surface area contributed by atoms with Gasteiger partial charge >= 0.3 is 5.97 Å². The molecule has 0 saturated heterocycles. The Bertz CT molecular complexity index is 489. The summed E-state index contributed by atoms with van der Waals surface area (Å²) in [6.07, 6.45) is 0.580. The van der Waals surface area contributed by atoms with E-state index in [9.17, 15) is 4.79 Å². The van der Waals surface area contributed by atoms with Gasteiger partial charge in [0.1, 0.15) is 5.82 Å². The maximum atomic E-state index is 10.6. The standard InChI is InChI=1S/C13H17N3O2/c1-9-6-10(8-14)7-11(15-9)16-13(2,3)5-4-12(17)18/h6-7H,4-5H2,1-3H3,(H,15,16)(H,17,18). The number of aliphatic carboxylic acids is 1. The third kappa shape index (κ3) is 4.42. The molecule has 0 atom stereocenters. The minimum absolute atomic E-state index is 0.0942. The number of pyridine rings is 1. The van der Waals surface area contributed by atoms with Crippen LogP contribution in [0.4, 0.5) is 5.82 Å². The van der Waals surface area contributed by atoms with Gasteiger partial charge in [-0.05, 0) is 39.3 Å². The van der Waals surface area contributed by atoms with E-state index in [-0.39, 0.29) is 12.0 Å². The number of carboxylic acid groups (broad SMARTS) is 1. The summed E-state index contributed by atoms with van der Waals surface area (Å²) in [5.74, 6) is -0.221. The Balaban J connectivity index is 2.80. The van der Waals surface area contributed by atoms with Crippen molar-refractivity contribution in [2.24, 2.45) is 0 Å². The van der Waals surface area contributed by atoms with Gasteiger partial charge < -0.3 is 10.4 Å². The first-order chi connectivity index (χ1) is 8.32. The molecule has 0 spiro atoms. The lowest BCUT2D eigenvalue weighted by Crippen LogP contribution is -2.32. The molecule has 0 amide bonds. The fraction of sp³-hybridized carbons (Fsp3) is 0.462. The highest BCUT2D eigenvalue weighted by atomic mass is 16.4. The second-order valence-corrected chi connectivity index (χ2v) is 4.90. The molecule has 96 valence electrons. The minimum Gasteiger partial charge on any atom is -0.481 e. The summed E-state index contributed by atoms with van der Waals surface area (Å²) in [5, 5.41) is 20.7. The lowest BCUT2D eigenvalue weighted by molar-refractivity contribution is -0.137. The summed E-state index contributed by atoms with van der Waals surface area (Å²) in [4.78, 5) is 14.9. The third-order valence-corrected chi connectivity index (χ3v) is 2.51. The summed E-state index contributed by atoms with van der Waals surface area (Å²) >= 11 is 0. The van der Waals surface area contributed by atoms with Crippen molar-refractivity contribution in [3.05, 3.63) is 23.4 Å². The average Bonchev–Trinajstić information content (AvgIpc) is 2.25.